The average Bonchev–Trinajstić information content (AvgIpc) is 3.03. The third-order valence-electron chi connectivity index (χ3n) is 4.68. The first-order valence-corrected chi connectivity index (χ1v) is 9.26. The van der Waals surface area contributed by atoms with Gasteiger partial charge < -0.3 is 9.64 Å². The lowest BCUT2D eigenvalue weighted by Gasteiger charge is -2.20. The molecule has 3 aromatic carbocycles. The van der Waals surface area contributed by atoms with E-state index < -0.39 is 5.97 Å². The zero-order chi connectivity index (χ0) is 19.0. The van der Waals surface area contributed by atoms with Crippen molar-refractivity contribution in [3.8, 4) is 11.1 Å². The Morgan fingerprint density at radius 1 is 1.00 bits per heavy atom. The van der Waals surface area contributed by atoms with Crippen molar-refractivity contribution in [1.29, 1.82) is 0 Å². The van der Waals surface area contributed by atoms with Crippen LogP contribution in [0.25, 0.3) is 11.1 Å². The Balaban J connectivity index is 1.79. The topological polar surface area (TPSA) is 46.6 Å². The van der Waals surface area contributed by atoms with Crippen LogP contribution in [0.3, 0.4) is 0 Å². The Morgan fingerprint density at radius 3 is 2.52 bits per heavy atom. The number of ether oxygens (including phenoxy) is 1. The number of anilines is 1. The number of nitrogens with zero attached hydrogens (tertiary/aromatic N) is 1. The minimum absolute atomic E-state index is 0.121. The van der Waals surface area contributed by atoms with Crippen molar-refractivity contribution < 1.29 is 14.3 Å². The van der Waals surface area contributed by atoms with Gasteiger partial charge in [0.25, 0.3) is 5.91 Å². The van der Waals surface area contributed by atoms with E-state index in [4.69, 9.17) is 4.74 Å². The van der Waals surface area contributed by atoms with Gasteiger partial charge in [-0.15, -0.1) is 0 Å². The van der Waals surface area contributed by atoms with Crippen molar-refractivity contribution in [3.63, 3.8) is 0 Å². The Bertz CT molecular complexity index is 1050. The number of rotatable bonds is 3. The van der Waals surface area contributed by atoms with E-state index in [0.717, 1.165) is 21.2 Å². The van der Waals surface area contributed by atoms with Crippen LogP contribution in [0.15, 0.2) is 71.2 Å². The summed E-state index contributed by atoms with van der Waals surface area (Å²) < 4.78 is 5.83. The lowest BCUT2D eigenvalue weighted by atomic mass is 10.0. The molecule has 0 aromatic heterocycles. The molecule has 0 radical (unpaired) electrons. The highest BCUT2D eigenvalue weighted by molar-refractivity contribution is 9.10. The van der Waals surface area contributed by atoms with Crippen LogP contribution < -0.4 is 4.90 Å². The molecule has 0 aliphatic carbocycles. The van der Waals surface area contributed by atoms with Crippen LogP contribution in [0.1, 0.15) is 26.3 Å². The van der Waals surface area contributed by atoms with Gasteiger partial charge >= 0.3 is 5.97 Å². The molecular weight excluding hydrogens is 406 g/mol. The number of hydrogen-bond acceptors (Lipinski definition) is 3. The maximum absolute atomic E-state index is 12.9. The van der Waals surface area contributed by atoms with Gasteiger partial charge in [0.15, 0.2) is 0 Å². The van der Waals surface area contributed by atoms with Gasteiger partial charge in [0, 0.05) is 10.0 Å². The molecule has 0 fully saturated rings. The Labute approximate surface area is 165 Å². The highest BCUT2D eigenvalue weighted by Gasteiger charge is 2.31. The highest BCUT2D eigenvalue weighted by atomic mass is 79.9. The second-order valence-electron chi connectivity index (χ2n) is 6.28. The molecule has 0 N–H and O–H groups in total. The van der Waals surface area contributed by atoms with Crippen LogP contribution >= 0.6 is 15.9 Å². The number of halogens is 1. The van der Waals surface area contributed by atoms with Gasteiger partial charge in [-0.25, -0.2) is 4.79 Å². The van der Waals surface area contributed by atoms with Gasteiger partial charge in [0.05, 0.1) is 24.9 Å². The third kappa shape index (κ3) is 3.15. The van der Waals surface area contributed by atoms with Gasteiger partial charge in [-0.05, 0) is 41.0 Å². The van der Waals surface area contributed by atoms with Crippen molar-refractivity contribution in [1.82, 2.24) is 0 Å². The average molecular weight is 422 g/mol. The number of methoxy groups -OCH3 is 1. The molecule has 27 heavy (non-hydrogen) atoms. The molecule has 1 aliphatic heterocycles. The van der Waals surface area contributed by atoms with Crippen LogP contribution in [-0.4, -0.2) is 19.0 Å². The zero-order valence-corrected chi connectivity index (χ0v) is 16.2. The number of amides is 1. The van der Waals surface area contributed by atoms with Crippen LogP contribution in [0.2, 0.25) is 0 Å². The number of esters is 1. The summed E-state index contributed by atoms with van der Waals surface area (Å²) in [5.41, 5.74) is 4.40. The van der Waals surface area contributed by atoms with E-state index in [1.165, 1.54) is 7.11 Å². The summed E-state index contributed by atoms with van der Waals surface area (Å²) in [4.78, 5) is 27.0. The van der Waals surface area contributed by atoms with Gasteiger partial charge in [-0.2, -0.15) is 0 Å². The van der Waals surface area contributed by atoms with E-state index in [-0.39, 0.29) is 5.91 Å². The molecule has 0 atom stereocenters. The van der Waals surface area contributed by atoms with Crippen molar-refractivity contribution in [2.24, 2.45) is 0 Å². The van der Waals surface area contributed by atoms with Crippen LogP contribution in [0.4, 0.5) is 5.69 Å². The number of fused-ring (bicyclic) bond motifs is 1. The van der Waals surface area contributed by atoms with E-state index in [2.05, 4.69) is 15.9 Å². The van der Waals surface area contributed by atoms with Gasteiger partial charge in [-0.3, -0.25) is 4.79 Å². The summed E-state index contributed by atoms with van der Waals surface area (Å²) in [5, 5.41) is 0. The van der Waals surface area contributed by atoms with E-state index in [1.807, 2.05) is 60.7 Å². The lowest BCUT2D eigenvalue weighted by molar-refractivity contribution is 0.0601. The molecule has 0 saturated carbocycles. The summed E-state index contributed by atoms with van der Waals surface area (Å²) in [5.74, 6) is -0.586. The molecule has 0 unspecified atom stereocenters. The Kier molecular flexibility index (Phi) is 4.54. The number of carbonyl (C=O) groups is 2. The van der Waals surface area contributed by atoms with Crippen molar-refractivity contribution in [2.75, 3.05) is 12.0 Å². The third-order valence-corrected chi connectivity index (χ3v) is 5.17. The second-order valence-corrected chi connectivity index (χ2v) is 7.20. The van der Waals surface area contributed by atoms with Gasteiger partial charge in [0.1, 0.15) is 0 Å². The monoisotopic (exact) mass is 421 g/mol. The molecule has 4 rings (SSSR count). The second kappa shape index (κ2) is 7.00. The molecule has 1 aliphatic rings. The van der Waals surface area contributed by atoms with E-state index in [0.29, 0.717) is 23.4 Å². The largest absolute Gasteiger partial charge is 0.465 e. The fourth-order valence-electron chi connectivity index (χ4n) is 3.32. The molecule has 1 amide bonds. The van der Waals surface area contributed by atoms with Crippen LogP contribution in [0.5, 0.6) is 0 Å². The minimum Gasteiger partial charge on any atom is -0.465 e. The number of benzene rings is 3. The Hall–Kier alpha value is -2.92. The van der Waals surface area contributed by atoms with E-state index in [9.17, 15) is 9.59 Å². The minimum atomic E-state index is -0.465. The molecule has 4 nitrogen and oxygen atoms in total. The summed E-state index contributed by atoms with van der Waals surface area (Å²) in [6.07, 6.45) is 0. The molecular formula is C22H16BrNO3. The predicted molar refractivity (Wildman–Crippen MR) is 108 cm³/mol. The Morgan fingerprint density at radius 2 is 1.78 bits per heavy atom. The molecule has 0 spiro atoms. The fourth-order valence-corrected chi connectivity index (χ4v) is 3.68. The first kappa shape index (κ1) is 17.5. The molecule has 1 heterocycles. The lowest BCUT2D eigenvalue weighted by Crippen LogP contribution is -2.25. The van der Waals surface area contributed by atoms with Crippen molar-refractivity contribution in [2.45, 2.75) is 6.54 Å². The quantitative estimate of drug-likeness (QED) is 0.555. The fraction of sp³-hybridized carbons (Fsp3) is 0.0909. The summed E-state index contributed by atoms with van der Waals surface area (Å²) in [7, 11) is 1.35. The maximum atomic E-state index is 12.9. The molecule has 0 saturated heterocycles. The number of carbonyl (C=O) groups excluding carboxylic acids is 2. The van der Waals surface area contributed by atoms with Crippen LogP contribution in [0, 0.1) is 0 Å². The van der Waals surface area contributed by atoms with Gasteiger partial charge in [-0.1, -0.05) is 58.4 Å². The maximum Gasteiger partial charge on any atom is 0.340 e. The van der Waals surface area contributed by atoms with E-state index >= 15 is 0 Å². The predicted octanol–water partition coefficient (Wildman–Crippen LogP) is 5.06. The normalized spacial score (nSPS) is 12.8. The summed E-state index contributed by atoms with van der Waals surface area (Å²) in [6.45, 7) is 0.427. The molecule has 134 valence electrons. The molecule has 0 bridgehead atoms. The first-order chi connectivity index (χ1) is 13.1. The highest BCUT2D eigenvalue weighted by Crippen LogP contribution is 2.34. The molecule has 5 heteroatoms. The van der Waals surface area contributed by atoms with Crippen LogP contribution in [-0.2, 0) is 11.3 Å². The SMILES string of the molecule is COC(=O)c1cc(-c2ccccc2)ccc1N1Cc2ccc(Br)cc2C1=O. The molecule has 3 aromatic rings. The number of hydrogen-bond donors (Lipinski definition) is 0. The first-order valence-electron chi connectivity index (χ1n) is 8.46. The smallest absolute Gasteiger partial charge is 0.340 e. The summed E-state index contributed by atoms with van der Waals surface area (Å²) in [6, 6.07) is 20.9. The standard InChI is InChI=1S/C22H16BrNO3/c1-27-22(26)19-11-15(14-5-3-2-4-6-14)8-10-20(19)24-13-16-7-9-17(23)12-18(16)21(24)25/h2-12H,13H2,1H3. The van der Waals surface area contributed by atoms with Gasteiger partial charge in [0.2, 0.25) is 0 Å². The van der Waals surface area contributed by atoms with Crippen molar-refractivity contribution >= 4 is 33.5 Å². The summed E-state index contributed by atoms with van der Waals surface area (Å²) >= 11 is 3.41. The van der Waals surface area contributed by atoms with Crippen molar-refractivity contribution in [3.05, 3.63) is 87.9 Å². The van der Waals surface area contributed by atoms with E-state index in [1.54, 1.807) is 11.0 Å². The zero-order valence-electron chi connectivity index (χ0n) is 14.6.